The van der Waals surface area contributed by atoms with E-state index in [4.69, 9.17) is 9.05 Å². The van der Waals surface area contributed by atoms with Crippen molar-refractivity contribution in [3.05, 3.63) is 12.2 Å². The molecule has 0 saturated heterocycles. The number of rotatable bonds is 46. The van der Waals surface area contributed by atoms with Gasteiger partial charge in [0, 0.05) is 6.42 Å². The lowest BCUT2D eigenvalue weighted by atomic mass is 10.0. The number of aliphatic hydroxyl groups is 1. The lowest BCUT2D eigenvalue weighted by molar-refractivity contribution is -0.870. The second kappa shape index (κ2) is 41.6. The molecular weight excluding hydrogens is 744 g/mol. The first-order chi connectivity index (χ1) is 28.0. The van der Waals surface area contributed by atoms with Gasteiger partial charge in [-0.15, -0.1) is 0 Å². The van der Waals surface area contributed by atoms with Crippen LogP contribution in [0.2, 0.25) is 0 Å². The van der Waals surface area contributed by atoms with E-state index in [1.54, 1.807) is 6.08 Å². The lowest BCUT2D eigenvalue weighted by Crippen LogP contribution is -2.45. The summed E-state index contributed by atoms with van der Waals surface area (Å²) in [6, 6.07) is -0.840. The van der Waals surface area contributed by atoms with E-state index in [2.05, 4.69) is 19.2 Å². The maximum absolute atomic E-state index is 12.9. The first-order valence-corrected chi connectivity index (χ1v) is 26.6. The zero-order chi connectivity index (χ0) is 42.8. The molecule has 3 N–H and O–H groups in total. The summed E-state index contributed by atoms with van der Waals surface area (Å²) in [4.78, 5) is 23.2. The fourth-order valence-electron chi connectivity index (χ4n) is 7.51. The third-order valence-corrected chi connectivity index (χ3v) is 12.5. The van der Waals surface area contributed by atoms with Crippen molar-refractivity contribution in [1.82, 2.24) is 5.32 Å². The molecule has 0 heterocycles. The Balaban J connectivity index is 4.31. The maximum Gasteiger partial charge on any atom is 0.472 e. The quantitative estimate of drug-likeness (QED) is 0.0244. The molecule has 0 saturated carbocycles. The Bertz CT molecular complexity index is 958. The van der Waals surface area contributed by atoms with Crippen molar-refractivity contribution in [2.24, 2.45) is 0 Å². The van der Waals surface area contributed by atoms with Crippen LogP contribution >= 0.6 is 7.82 Å². The molecule has 0 radical (unpaired) electrons. The number of nitrogens with zero attached hydrogens (tertiary/aromatic N) is 1. The van der Waals surface area contributed by atoms with Crippen molar-refractivity contribution in [3.63, 3.8) is 0 Å². The van der Waals surface area contributed by atoms with Gasteiger partial charge < -0.3 is 19.8 Å². The van der Waals surface area contributed by atoms with E-state index < -0.39 is 20.0 Å². The van der Waals surface area contributed by atoms with Crippen LogP contribution in [0.5, 0.6) is 0 Å². The Hall–Kier alpha value is -0.760. The number of allylic oxidation sites excluding steroid dienone is 1. The third-order valence-electron chi connectivity index (χ3n) is 11.5. The van der Waals surface area contributed by atoms with Gasteiger partial charge in [0.25, 0.3) is 0 Å². The van der Waals surface area contributed by atoms with Crippen molar-refractivity contribution in [3.8, 4) is 0 Å². The summed E-state index contributed by atoms with van der Waals surface area (Å²) in [6.07, 6.45) is 48.5. The Morgan fingerprint density at radius 2 is 0.914 bits per heavy atom. The average Bonchev–Trinajstić information content (AvgIpc) is 3.17. The molecule has 3 atom stereocenters. The van der Waals surface area contributed by atoms with Crippen molar-refractivity contribution in [2.75, 3.05) is 40.9 Å². The van der Waals surface area contributed by atoms with Crippen LogP contribution < -0.4 is 5.32 Å². The second-order valence-corrected chi connectivity index (χ2v) is 20.0. The standard InChI is InChI=1S/C49H99N2O6P/c1-6-8-10-12-14-16-18-20-22-24-25-27-28-30-32-34-36-38-40-42-48(52)47(46-57-58(54,55)56-45-44-51(3,4)5)50-49(53)43-41-39-37-35-33-31-29-26-23-21-19-17-15-13-11-9-7-2/h40,42,47-48,52H,6-39,41,43-46H2,1-5H3,(H-,50,53,54,55)/p+1/b42-40+. The summed E-state index contributed by atoms with van der Waals surface area (Å²) in [5.74, 6) is -0.172. The maximum atomic E-state index is 12.9. The fraction of sp³-hybridized carbons (Fsp3) is 0.939. The molecule has 1 amide bonds. The Morgan fingerprint density at radius 1 is 0.569 bits per heavy atom. The Morgan fingerprint density at radius 3 is 1.28 bits per heavy atom. The first-order valence-electron chi connectivity index (χ1n) is 25.1. The summed E-state index contributed by atoms with van der Waals surface area (Å²) in [5, 5.41) is 13.9. The topological polar surface area (TPSA) is 105 Å². The summed E-state index contributed by atoms with van der Waals surface area (Å²) in [7, 11) is 1.59. The number of hydrogen-bond donors (Lipinski definition) is 3. The molecular formula is C49H100N2O6P+. The van der Waals surface area contributed by atoms with Crippen LogP contribution in [0, 0.1) is 0 Å². The molecule has 8 nitrogen and oxygen atoms in total. The largest absolute Gasteiger partial charge is 0.472 e. The second-order valence-electron chi connectivity index (χ2n) is 18.6. The van der Waals surface area contributed by atoms with Crippen molar-refractivity contribution >= 4 is 13.7 Å². The number of amides is 1. The van der Waals surface area contributed by atoms with Gasteiger partial charge in [0.2, 0.25) is 5.91 Å². The van der Waals surface area contributed by atoms with Crippen LogP contribution in [0.15, 0.2) is 12.2 Å². The van der Waals surface area contributed by atoms with Gasteiger partial charge in [-0.3, -0.25) is 13.8 Å². The summed E-state index contributed by atoms with van der Waals surface area (Å²) in [6.45, 7) is 4.85. The first kappa shape index (κ1) is 57.2. The van der Waals surface area contributed by atoms with Gasteiger partial charge in [-0.1, -0.05) is 231 Å². The Kier molecular flexibility index (Phi) is 41.0. The number of nitrogens with one attached hydrogen (secondary N) is 1. The minimum absolute atomic E-state index is 0.0649. The molecule has 0 aromatic carbocycles. The SMILES string of the molecule is CCCCCCCCCCCCCCCCCCC/C=C/C(O)C(COP(=O)(O)OCC[N+](C)(C)C)NC(=O)CCCCCCCCCCCCCCCCCCC. The van der Waals surface area contributed by atoms with E-state index in [1.807, 2.05) is 27.2 Å². The number of unbranched alkanes of at least 4 members (excludes halogenated alkanes) is 33. The summed E-state index contributed by atoms with van der Waals surface area (Å²) in [5.41, 5.74) is 0. The zero-order valence-electron chi connectivity index (χ0n) is 39.3. The predicted molar refractivity (Wildman–Crippen MR) is 249 cm³/mol. The highest BCUT2D eigenvalue weighted by molar-refractivity contribution is 7.47. The van der Waals surface area contributed by atoms with Gasteiger partial charge in [0.05, 0.1) is 39.9 Å². The molecule has 58 heavy (non-hydrogen) atoms. The molecule has 0 rings (SSSR count). The lowest BCUT2D eigenvalue weighted by Gasteiger charge is -2.25. The molecule has 0 aliphatic rings. The van der Waals surface area contributed by atoms with Gasteiger partial charge in [-0.2, -0.15) is 0 Å². The molecule has 0 spiro atoms. The number of phosphoric ester groups is 1. The highest BCUT2D eigenvalue weighted by atomic mass is 31.2. The molecule has 0 aromatic rings. The van der Waals surface area contributed by atoms with E-state index in [0.29, 0.717) is 17.4 Å². The molecule has 9 heteroatoms. The summed E-state index contributed by atoms with van der Waals surface area (Å²) >= 11 is 0. The molecule has 0 aliphatic heterocycles. The van der Waals surface area contributed by atoms with Crippen LogP contribution in [0.25, 0.3) is 0 Å². The van der Waals surface area contributed by atoms with Gasteiger partial charge in [-0.05, 0) is 19.3 Å². The summed E-state index contributed by atoms with van der Waals surface area (Å²) < 4.78 is 23.6. The number of quaternary nitrogens is 1. The number of phosphoric acid groups is 1. The molecule has 0 fully saturated rings. The van der Waals surface area contributed by atoms with Gasteiger partial charge >= 0.3 is 7.82 Å². The molecule has 3 unspecified atom stereocenters. The van der Waals surface area contributed by atoms with Crippen LogP contribution in [0.3, 0.4) is 0 Å². The number of aliphatic hydroxyl groups excluding tert-OH is 1. The normalized spacial score (nSPS) is 14.3. The van der Waals surface area contributed by atoms with Crippen molar-refractivity contribution < 1.29 is 32.9 Å². The van der Waals surface area contributed by atoms with Crippen LogP contribution in [0.4, 0.5) is 0 Å². The molecule has 0 bridgehead atoms. The van der Waals surface area contributed by atoms with Crippen molar-refractivity contribution in [1.29, 1.82) is 0 Å². The number of carbonyl (C=O) groups is 1. The van der Waals surface area contributed by atoms with E-state index in [-0.39, 0.29) is 19.1 Å². The molecule has 0 aliphatic carbocycles. The Labute approximate surface area is 361 Å². The van der Waals surface area contributed by atoms with Crippen LogP contribution in [-0.4, -0.2) is 73.4 Å². The van der Waals surface area contributed by atoms with Crippen LogP contribution in [0.1, 0.15) is 245 Å². The third kappa shape index (κ3) is 43.3. The number of likely N-dealkylation sites (N-methyl/N-ethyl adjacent to an activating group) is 1. The minimum Gasteiger partial charge on any atom is -0.387 e. The number of hydrogen-bond acceptors (Lipinski definition) is 5. The van der Waals surface area contributed by atoms with Gasteiger partial charge in [0.1, 0.15) is 13.2 Å². The van der Waals surface area contributed by atoms with Gasteiger partial charge in [0.15, 0.2) is 0 Å². The van der Waals surface area contributed by atoms with E-state index in [9.17, 15) is 19.4 Å². The highest BCUT2D eigenvalue weighted by Gasteiger charge is 2.27. The average molecular weight is 844 g/mol. The molecule has 0 aromatic heterocycles. The van der Waals surface area contributed by atoms with Gasteiger partial charge in [-0.25, -0.2) is 4.57 Å². The monoisotopic (exact) mass is 844 g/mol. The fourth-order valence-corrected chi connectivity index (χ4v) is 8.25. The van der Waals surface area contributed by atoms with E-state index >= 15 is 0 Å². The predicted octanol–water partition coefficient (Wildman–Crippen LogP) is 14.3. The smallest absolute Gasteiger partial charge is 0.387 e. The van der Waals surface area contributed by atoms with Crippen molar-refractivity contribution in [2.45, 2.75) is 257 Å². The van der Waals surface area contributed by atoms with E-state index in [0.717, 1.165) is 32.1 Å². The highest BCUT2D eigenvalue weighted by Crippen LogP contribution is 2.43. The minimum atomic E-state index is -4.34. The number of carbonyl (C=O) groups excluding carboxylic acids is 1. The van der Waals surface area contributed by atoms with Crippen LogP contribution in [-0.2, 0) is 18.4 Å². The van der Waals surface area contributed by atoms with E-state index in [1.165, 1.54) is 193 Å². The zero-order valence-corrected chi connectivity index (χ0v) is 40.2. The molecule has 346 valence electrons.